The number of β-amino-alcohol motifs (C(OH)–C–C–N with tert-alkyl or cyclic N) is 1. The van der Waals surface area contributed by atoms with Gasteiger partial charge in [-0.3, -0.25) is 9.69 Å². The lowest BCUT2D eigenvalue weighted by Gasteiger charge is -2.41. The van der Waals surface area contributed by atoms with Gasteiger partial charge in [-0.15, -0.1) is 11.3 Å². The molecule has 2 N–H and O–H groups in total. The predicted molar refractivity (Wildman–Crippen MR) is 138 cm³/mol. The lowest BCUT2D eigenvalue weighted by Crippen LogP contribution is -2.50. The quantitative estimate of drug-likeness (QED) is 0.594. The van der Waals surface area contributed by atoms with E-state index in [-0.39, 0.29) is 12.0 Å². The van der Waals surface area contributed by atoms with E-state index < -0.39 is 0 Å². The van der Waals surface area contributed by atoms with Gasteiger partial charge in [0, 0.05) is 32.2 Å². The molecule has 1 aliphatic carbocycles. The molecule has 5 rings (SSSR count). The SMILES string of the molecule is Cc1c(C(=O)N2CCC(N3CCC[C@H](O)C3)CC2)sc2ncnc(NCCC3=CCCCC3)c12. The number of carbonyl (C=O) groups excluding carboxylic acids is 1. The summed E-state index contributed by atoms with van der Waals surface area (Å²) in [5.74, 6) is 0.965. The van der Waals surface area contributed by atoms with Gasteiger partial charge in [0.2, 0.25) is 0 Å². The van der Waals surface area contributed by atoms with Gasteiger partial charge in [-0.1, -0.05) is 11.6 Å². The number of aliphatic hydroxyl groups is 1. The van der Waals surface area contributed by atoms with E-state index in [1.807, 2.05) is 11.8 Å². The Kier molecular flexibility index (Phi) is 7.46. The third kappa shape index (κ3) is 5.14. The highest BCUT2D eigenvalue weighted by molar-refractivity contribution is 7.20. The fraction of sp³-hybridized carbons (Fsp3) is 0.654. The van der Waals surface area contributed by atoms with Gasteiger partial charge in [-0.2, -0.15) is 0 Å². The third-order valence-corrected chi connectivity index (χ3v) is 8.93. The number of thiophene rings is 1. The Bertz CT molecular complexity index is 1040. The molecule has 2 aromatic heterocycles. The van der Waals surface area contributed by atoms with E-state index in [2.05, 4.69) is 26.3 Å². The summed E-state index contributed by atoms with van der Waals surface area (Å²) in [6.07, 6.45) is 13.8. The summed E-state index contributed by atoms with van der Waals surface area (Å²) in [7, 11) is 0. The number of hydrogen-bond acceptors (Lipinski definition) is 7. The second-order valence-electron chi connectivity index (χ2n) is 10.1. The smallest absolute Gasteiger partial charge is 0.264 e. The first kappa shape index (κ1) is 23.7. The minimum absolute atomic E-state index is 0.121. The number of aryl methyl sites for hydroxylation is 1. The van der Waals surface area contributed by atoms with Gasteiger partial charge in [0.25, 0.3) is 5.91 Å². The molecule has 2 fully saturated rings. The van der Waals surface area contributed by atoms with Gasteiger partial charge in [-0.05, 0) is 76.8 Å². The molecule has 0 radical (unpaired) electrons. The average Bonchev–Trinajstić information content (AvgIpc) is 3.21. The minimum atomic E-state index is -0.196. The first-order chi connectivity index (χ1) is 16.6. The second-order valence-corrected chi connectivity index (χ2v) is 11.1. The molecule has 4 heterocycles. The van der Waals surface area contributed by atoms with Crippen LogP contribution in [0.15, 0.2) is 18.0 Å². The highest BCUT2D eigenvalue weighted by Gasteiger charge is 2.31. The maximum absolute atomic E-state index is 13.5. The zero-order valence-electron chi connectivity index (χ0n) is 20.3. The number of rotatable bonds is 6. The molecule has 184 valence electrons. The van der Waals surface area contributed by atoms with Crippen LogP contribution in [0.25, 0.3) is 10.2 Å². The zero-order chi connectivity index (χ0) is 23.5. The Morgan fingerprint density at radius 1 is 1.18 bits per heavy atom. The molecule has 34 heavy (non-hydrogen) atoms. The fourth-order valence-electron chi connectivity index (χ4n) is 5.78. The van der Waals surface area contributed by atoms with Crippen LogP contribution in [-0.2, 0) is 0 Å². The van der Waals surface area contributed by atoms with Crippen molar-refractivity contribution >= 4 is 33.3 Å². The molecule has 0 unspecified atom stereocenters. The summed E-state index contributed by atoms with van der Waals surface area (Å²) in [6, 6.07) is 0.475. The van der Waals surface area contributed by atoms with Crippen molar-refractivity contribution in [3.05, 3.63) is 28.4 Å². The number of aliphatic hydroxyl groups excluding tert-OH is 1. The second kappa shape index (κ2) is 10.7. The van der Waals surface area contributed by atoms with Gasteiger partial charge >= 0.3 is 0 Å². The number of nitrogens with zero attached hydrogens (tertiary/aromatic N) is 4. The molecular weight excluding hydrogens is 446 g/mol. The Morgan fingerprint density at radius 3 is 2.79 bits per heavy atom. The number of likely N-dealkylation sites (tertiary alicyclic amines) is 2. The molecule has 2 aliphatic heterocycles. The van der Waals surface area contributed by atoms with E-state index in [4.69, 9.17) is 0 Å². The van der Waals surface area contributed by atoms with Gasteiger partial charge in [0.05, 0.1) is 16.4 Å². The number of piperidine rings is 2. The summed E-state index contributed by atoms with van der Waals surface area (Å²) >= 11 is 1.49. The van der Waals surface area contributed by atoms with Crippen LogP contribution in [0.2, 0.25) is 0 Å². The molecule has 3 aliphatic rings. The summed E-state index contributed by atoms with van der Waals surface area (Å²) in [5.41, 5.74) is 2.54. The van der Waals surface area contributed by atoms with E-state index in [0.29, 0.717) is 6.04 Å². The minimum Gasteiger partial charge on any atom is -0.392 e. The van der Waals surface area contributed by atoms with E-state index in [9.17, 15) is 9.90 Å². The first-order valence-electron chi connectivity index (χ1n) is 13.0. The van der Waals surface area contributed by atoms with Crippen molar-refractivity contribution in [3.63, 3.8) is 0 Å². The highest BCUT2D eigenvalue weighted by atomic mass is 32.1. The number of amides is 1. The molecule has 1 atom stereocenters. The summed E-state index contributed by atoms with van der Waals surface area (Å²) < 4.78 is 0. The van der Waals surface area contributed by atoms with Crippen LogP contribution in [0.5, 0.6) is 0 Å². The lowest BCUT2D eigenvalue weighted by atomic mass is 9.97. The third-order valence-electron chi connectivity index (χ3n) is 7.74. The Hall–Kier alpha value is -2.03. The number of hydrogen-bond donors (Lipinski definition) is 2. The normalized spacial score (nSPS) is 22.7. The molecule has 0 spiro atoms. The van der Waals surface area contributed by atoms with Crippen molar-refractivity contribution in [2.75, 3.05) is 38.0 Å². The topological polar surface area (TPSA) is 81.6 Å². The van der Waals surface area contributed by atoms with Crippen LogP contribution >= 0.6 is 11.3 Å². The standard InChI is InChI=1S/C26H37N5O2S/c1-18-22-24(27-12-9-19-6-3-2-4-7-19)28-17-29-25(22)34-23(18)26(33)30-14-10-20(11-15-30)31-13-5-8-21(32)16-31/h6,17,20-21,32H,2-5,7-16H2,1H3,(H,27,28,29)/t21-/m0/s1. The number of fused-ring (bicyclic) bond motifs is 1. The number of carbonyl (C=O) groups is 1. The maximum Gasteiger partial charge on any atom is 0.264 e. The van der Waals surface area contributed by atoms with Crippen molar-refractivity contribution in [3.8, 4) is 0 Å². The number of aromatic nitrogens is 2. The lowest BCUT2D eigenvalue weighted by molar-refractivity contribution is 0.0241. The van der Waals surface area contributed by atoms with Crippen molar-refractivity contribution in [1.29, 1.82) is 0 Å². The van der Waals surface area contributed by atoms with Gasteiger partial charge in [-0.25, -0.2) is 9.97 Å². The first-order valence-corrected chi connectivity index (χ1v) is 13.8. The monoisotopic (exact) mass is 483 g/mol. The highest BCUT2D eigenvalue weighted by Crippen LogP contribution is 2.35. The van der Waals surface area contributed by atoms with Gasteiger partial charge in [0.15, 0.2) is 0 Å². The molecule has 2 saturated heterocycles. The summed E-state index contributed by atoms with van der Waals surface area (Å²) in [6.45, 7) is 6.28. The average molecular weight is 484 g/mol. The summed E-state index contributed by atoms with van der Waals surface area (Å²) in [5, 5.41) is 14.5. The molecule has 2 aromatic rings. The summed E-state index contributed by atoms with van der Waals surface area (Å²) in [4.78, 5) is 28.6. The van der Waals surface area contributed by atoms with Crippen LogP contribution < -0.4 is 5.32 Å². The largest absolute Gasteiger partial charge is 0.392 e. The molecule has 1 amide bonds. The van der Waals surface area contributed by atoms with Gasteiger partial charge < -0.3 is 15.3 Å². The molecule has 0 bridgehead atoms. The van der Waals surface area contributed by atoms with Crippen LogP contribution in [0.3, 0.4) is 0 Å². The van der Waals surface area contributed by atoms with Crippen LogP contribution in [-0.4, -0.2) is 75.7 Å². The van der Waals surface area contributed by atoms with E-state index in [1.54, 1.807) is 11.9 Å². The van der Waals surface area contributed by atoms with Crippen molar-refractivity contribution < 1.29 is 9.90 Å². The maximum atomic E-state index is 13.5. The van der Waals surface area contributed by atoms with Crippen molar-refractivity contribution in [2.24, 2.45) is 0 Å². The Labute approximate surface area is 206 Å². The number of anilines is 1. The molecular formula is C26H37N5O2S. The molecule has 7 nitrogen and oxygen atoms in total. The van der Waals surface area contributed by atoms with E-state index in [0.717, 1.165) is 91.3 Å². The predicted octanol–water partition coefficient (Wildman–Crippen LogP) is 4.36. The van der Waals surface area contributed by atoms with Crippen LogP contribution in [0.1, 0.15) is 73.0 Å². The Balaban J connectivity index is 1.24. The van der Waals surface area contributed by atoms with Crippen molar-refractivity contribution in [1.82, 2.24) is 19.8 Å². The van der Waals surface area contributed by atoms with Crippen LogP contribution in [0, 0.1) is 6.92 Å². The Morgan fingerprint density at radius 2 is 2.03 bits per heavy atom. The van der Waals surface area contributed by atoms with Crippen LogP contribution in [0.4, 0.5) is 5.82 Å². The van der Waals surface area contributed by atoms with Crippen molar-refractivity contribution in [2.45, 2.75) is 76.9 Å². The van der Waals surface area contributed by atoms with Gasteiger partial charge in [0.1, 0.15) is 17.0 Å². The number of nitrogens with one attached hydrogen (secondary N) is 1. The van der Waals surface area contributed by atoms with E-state index in [1.165, 1.54) is 37.0 Å². The number of allylic oxidation sites excluding steroid dienone is 1. The molecule has 0 saturated carbocycles. The fourth-order valence-corrected chi connectivity index (χ4v) is 6.89. The zero-order valence-corrected chi connectivity index (χ0v) is 21.1. The molecule has 8 heteroatoms. The molecule has 0 aromatic carbocycles. The van der Waals surface area contributed by atoms with E-state index >= 15 is 0 Å².